The van der Waals surface area contributed by atoms with E-state index in [1.54, 1.807) is 6.20 Å². The minimum atomic E-state index is -0.0405. The van der Waals surface area contributed by atoms with Crippen LogP contribution < -0.4 is 0 Å². The molecule has 0 bridgehead atoms. The Balaban J connectivity index is 1.35. The highest BCUT2D eigenvalue weighted by Gasteiger charge is 2.49. The molecule has 3 aliphatic rings. The molecular formula is C23H27N3O2. The monoisotopic (exact) mass is 377 g/mol. The molecule has 5 nitrogen and oxygen atoms in total. The van der Waals surface area contributed by atoms with Crippen LogP contribution in [0.1, 0.15) is 54.1 Å². The molecule has 1 unspecified atom stereocenters. The zero-order chi connectivity index (χ0) is 19.1. The van der Waals surface area contributed by atoms with Gasteiger partial charge in [0.05, 0.1) is 5.92 Å². The molecule has 1 N–H and O–H groups in total. The summed E-state index contributed by atoms with van der Waals surface area (Å²) in [4.78, 5) is 33.1. The number of hydrogen-bond acceptors (Lipinski definition) is 2. The minimum Gasteiger partial charge on any atom is -0.357 e. The van der Waals surface area contributed by atoms with Gasteiger partial charge in [-0.25, -0.2) is 0 Å². The van der Waals surface area contributed by atoms with Crippen molar-refractivity contribution < 1.29 is 9.59 Å². The largest absolute Gasteiger partial charge is 0.357 e. The van der Waals surface area contributed by atoms with Gasteiger partial charge < -0.3 is 14.8 Å². The SMILES string of the molecule is O=C(c1ccc[nH]1)N1CCC2(CC1)CC(c1ccccc1)C(=O)N(C1CC1)C2. The third kappa shape index (κ3) is 3.13. The Morgan fingerprint density at radius 1 is 1.04 bits per heavy atom. The summed E-state index contributed by atoms with van der Waals surface area (Å²) in [7, 11) is 0. The number of carbonyl (C=O) groups is 2. The van der Waals surface area contributed by atoms with Gasteiger partial charge >= 0.3 is 0 Å². The highest BCUT2D eigenvalue weighted by molar-refractivity contribution is 5.92. The molecule has 1 saturated carbocycles. The van der Waals surface area contributed by atoms with Crippen LogP contribution in [0.3, 0.4) is 0 Å². The fourth-order valence-electron chi connectivity index (χ4n) is 5.05. The minimum absolute atomic E-state index is 0.0405. The molecule has 2 saturated heterocycles. The molecule has 3 fully saturated rings. The van der Waals surface area contributed by atoms with E-state index < -0.39 is 0 Å². The molecule has 2 amide bonds. The van der Waals surface area contributed by atoms with Crippen LogP contribution in [0.2, 0.25) is 0 Å². The quantitative estimate of drug-likeness (QED) is 0.891. The summed E-state index contributed by atoms with van der Waals surface area (Å²) < 4.78 is 0. The number of rotatable bonds is 3. The third-order valence-electron chi connectivity index (χ3n) is 6.85. The van der Waals surface area contributed by atoms with Gasteiger partial charge in [-0.2, -0.15) is 0 Å². The van der Waals surface area contributed by atoms with E-state index in [2.05, 4.69) is 22.0 Å². The second kappa shape index (κ2) is 6.80. The van der Waals surface area contributed by atoms with Gasteiger partial charge in [0.25, 0.3) is 5.91 Å². The lowest BCUT2D eigenvalue weighted by Gasteiger charge is -2.50. The lowest BCUT2D eigenvalue weighted by Crippen LogP contribution is -2.55. The number of H-pyrrole nitrogens is 1. The molecule has 5 rings (SSSR count). The van der Waals surface area contributed by atoms with E-state index in [0.29, 0.717) is 17.6 Å². The van der Waals surface area contributed by atoms with Crippen LogP contribution >= 0.6 is 0 Å². The van der Waals surface area contributed by atoms with Crippen molar-refractivity contribution in [1.82, 2.24) is 14.8 Å². The Morgan fingerprint density at radius 3 is 2.43 bits per heavy atom. The predicted molar refractivity (Wildman–Crippen MR) is 107 cm³/mol. The van der Waals surface area contributed by atoms with Gasteiger partial charge in [-0.15, -0.1) is 0 Å². The van der Waals surface area contributed by atoms with Crippen molar-refractivity contribution in [2.75, 3.05) is 19.6 Å². The summed E-state index contributed by atoms with van der Waals surface area (Å²) in [5.74, 6) is 0.357. The Hall–Kier alpha value is -2.56. The van der Waals surface area contributed by atoms with Crippen LogP contribution in [0.25, 0.3) is 0 Å². The van der Waals surface area contributed by atoms with E-state index in [1.165, 1.54) is 0 Å². The first-order chi connectivity index (χ1) is 13.7. The molecular weight excluding hydrogens is 350 g/mol. The van der Waals surface area contributed by atoms with E-state index >= 15 is 0 Å². The number of carbonyl (C=O) groups excluding carboxylic acids is 2. The molecule has 1 aromatic carbocycles. The van der Waals surface area contributed by atoms with Crippen LogP contribution in [0, 0.1) is 5.41 Å². The maximum atomic E-state index is 13.2. The highest BCUT2D eigenvalue weighted by atomic mass is 16.2. The number of likely N-dealkylation sites (tertiary alicyclic amines) is 2. The molecule has 146 valence electrons. The Bertz CT molecular complexity index is 849. The molecule has 0 radical (unpaired) electrons. The lowest BCUT2D eigenvalue weighted by molar-refractivity contribution is -0.142. The second-order valence-electron chi connectivity index (χ2n) is 8.74. The van der Waals surface area contributed by atoms with Crippen molar-refractivity contribution in [2.45, 2.75) is 44.1 Å². The average molecular weight is 377 g/mol. The molecule has 5 heteroatoms. The molecule has 2 aliphatic heterocycles. The summed E-state index contributed by atoms with van der Waals surface area (Å²) in [5, 5.41) is 0. The first-order valence-electron chi connectivity index (χ1n) is 10.4. The number of piperidine rings is 2. The van der Waals surface area contributed by atoms with Crippen LogP contribution in [-0.2, 0) is 4.79 Å². The van der Waals surface area contributed by atoms with Gasteiger partial charge in [-0.05, 0) is 55.2 Å². The number of aromatic amines is 1. The Kier molecular flexibility index (Phi) is 4.26. The summed E-state index contributed by atoms with van der Waals surface area (Å²) in [6.07, 6.45) is 6.92. The average Bonchev–Trinajstić information content (AvgIpc) is 3.43. The number of hydrogen-bond donors (Lipinski definition) is 1. The number of aromatic nitrogens is 1. The summed E-state index contributed by atoms with van der Waals surface area (Å²) in [5.41, 5.74) is 1.93. The van der Waals surface area contributed by atoms with E-state index in [9.17, 15) is 9.59 Å². The lowest BCUT2D eigenvalue weighted by atomic mass is 9.67. The van der Waals surface area contributed by atoms with Gasteiger partial charge in [0, 0.05) is 31.9 Å². The van der Waals surface area contributed by atoms with E-state index in [4.69, 9.17) is 0 Å². The predicted octanol–water partition coefficient (Wildman–Crippen LogP) is 3.42. The molecule has 3 heterocycles. The fourth-order valence-corrected chi connectivity index (χ4v) is 5.05. The van der Waals surface area contributed by atoms with Crippen LogP contribution in [0.4, 0.5) is 0 Å². The molecule has 1 spiro atoms. The van der Waals surface area contributed by atoms with Crippen molar-refractivity contribution in [2.24, 2.45) is 5.41 Å². The molecule has 1 aliphatic carbocycles. The zero-order valence-corrected chi connectivity index (χ0v) is 16.1. The number of nitrogens with zero attached hydrogens (tertiary/aromatic N) is 2. The molecule has 2 aromatic rings. The first kappa shape index (κ1) is 17.5. The molecule has 1 aromatic heterocycles. The zero-order valence-electron chi connectivity index (χ0n) is 16.1. The van der Waals surface area contributed by atoms with Crippen molar-refractivity contribution in [3.8, 4) is 0 Å². The molecule has 28 heavy (non-hydrogen) atoms. The maximum Gasteiger partial charge on any atom is 0.270 e. The van der Waals surface area contributed by atoms with Crippen LogP contribution in [0.5, 0.6) is 0 Å². The van der Waals surface area contributed by atoms with Gasteiger partial charge in [0.1, 0.15) is 5.69 Å². The van der Waals surface area contributed by atoms with Crippen molar-refractivity contribution in [1.29, 1.82) is 0 Å². The standard InChI is InChI=1S/C23H27N3O2/c27-21-19(17-5-2-1-3-6-17)15-23(16-26(21)18-8-9-18)10-13-25(14-11-23)22(28)20-7-4-12-24-20/h1-7,12,18-19,24H,8-11,13-16H2. The van der Waals surface area contributed by atoms with E-state index in [1.807, 2.05) is 35.2 Å². The van der Waals surface area contributed by atoms with E-state index in [-0.39, 0.29) is 17.2 Å². The number of amides is 2. The maximum absolute atomic E-state index is 13.2. The third-order valence-corrected chi connectivity index (χ3v) is 6.85. The van der Waals surface area contributed by atoms with Gasteiger partial charge in [-0.3, -0.25) is 9.59 Å². The topological polar surface area (TPSA) is 56.4 Å². The highest BCUT2D eigenvalue weighted by Crippen LogP contribution is 2.48. The van der Waals surface area contributed by atoms with Crippen molar-refractivity contribution >= 4 is 11.8 Å². The normalized spacial score (nSPS) is 24.6. The molecule has 1 atom stereocenters. The van der Waals surface area contributed by atoms with Gasteiger partial charge in [0.2, 0.25) is 5.91 Å². The van der Waals surface area contributed by atoms with Crippen molar-refractivity contribution in [3.05, 3.63) is 59.9 Å². The van der Waals surface area contributed by atoms with E-state index in [0.717, 1.165) is 57.3 Å². The fraction of sp³-hybridized carbons (Fsp3) is 0.478. The number of nitrogens with one attached hydrogen (secondary N) is 1. The smallest absolute Gasteiger partial charge is 0.270 e. The second-order valence-corrected chi connectivity index (χ2v) is 8.74. The van der Waals surface area contributed by atoms with Crippen molar-refractivity contribution in [3.63, 3.8) is 0 Å². The first-order valence-corrected chi connectivity index (χ1v) is 10.4. The van der Waals surface area contributed by atoms with Crippen LogP contribution in [0.15, 0.2) is 48.7 Å². The summed E-state index contributed by atoms with van der Waals surface area (Å²) in [6.45, 7) is 2.41. The van der Waals surface area contributed by atoms with Gasteiger partial charge in [0.15, 0.2) is 0 Å². The summed E-state index contributed by atoms with van der Waals surface area (Å²) in [6, 6.07) is 14.4. The Morgan fingerprint density at radius 2 is 1.79 bits per heavy atom. The Labute approximate surface area is 165 Å². The van der Waals surface area contributed by atoms with Gasteiger partial charge in [-0.1, -0.05) is 30.3 Å². The van der Waals surface area contributed by atoms with Crippen LogP contribution in [-0.4, -0.2) is 52.3 Å². The number of benzene rings is 1. The summed E-state index contributed by atoms with van der Waals surface area (Å²) >= 11 is 0.